The average molecular weight is 324 g/mol. The standard InChI is InChI=1S/C14H16N2O3S2/c1-11-13(4-2-7-15-11)19-12-6-8-16(10-12)21(17,18)14-5-3-9-20-14/h2-5,7,9,12H,6,8,10H2,1H3. The number of hydrogen-bond acceptors (Lipinski definition) is 5. The highest BCUT2D eigenvalue weighted by Crippen LogP contribution is 2.27. The smallest absolute Gasteiger partial charge is 0.252 e. The maximum absolute atomic E-state index is 12.4. The number of thiophene rings is 1. The van der Waals surface area contributed by atoms with Crippen LogP contribution in [0.1, 0.15) is 12.1 Å². The minimum Gasteiger partial charge on any atom is -0.487 e. The molecule has 2 aromatic heterocycles. The Kier molecular flexibility index (Phi) is 3.97. The highest BCUT2D eigenvalue weighted by molar-refractivity contribution is 7.91. The van der Waals surface area contributed by atoms with Crippen LogP contribution in [-0.4, -0.2) is 36.9 Å². The topological polar surface area (TPSA) is 59.5 Å². The van der Waals surface area contributed by atoms with Gasteiger partial charge in [0.2, 0.25) is 0 Å². The largest absolute Gasteiger partial charge is 0.487 e. The van der Waals surface area contributed by atoms with Crippen molar-refractivity contribution in [1.82, 2.24) is 9.29 Å². The van der Waals surface area contributed by atoms with Crippen molar-refractivity contribution >= 4 is 21.4 Å². The summed E-state index contributed by atoms with van der Waals surface area (Å²) in [6.45, 7) is 2.75. The zero-order chi connectivity index (χ0) is 14.9. The normalized spacial score (nSPS) is 19.8. The molecule has 3 rings (SSSR count). The fraction of sp³-hybridized carbons (Fsp3) is 0.357. The molecule has 0 aliphatic carbocycles. The number of ether oxygens (including phenoxy) is 1. The molecule has 3 heterocycles. The SMILES string of the molecule is Cc1ncccc1OC1CCN(S(=O)(=O)c2cccs2)C1. The van der Waals surface area contributed by atoms with Crippen LogP contribution in [0.25, 0.3) is 0 Å². The maximum Gasteiger partial charge on any atom is 0.252 e. The number of aromatic nitrogens is 1. The Morgan fingerprint density at radius 3 is 2.95 bits per heavy atom. The molecule has 0 bridgehead atoms. The first-order valence-electron chi connectivity index (χ1n) is 6.69. The second-order valence-electron chi connectivity index (χ2n) is 4.91. The Morgan fingerprint density at radius 2 is 2.24 bits per heavy atom. The summed E-state index contributed by atoms with van der Waals surface area (Å²) in [7, 11) is -3.37. The van der Waals surface area contributed by atoms with E-state index in [1.165, 1.54) is 15.6 Å². The lowest BCUT2D eigenvalue weighted by Crippen LogP contribution is -2.30. The third-order valence-electron chi connectivity index (χ3n) is 3.45. The molecule has 21 heavy (non-hydrogen) atoms. The van der Waals surface area contributed by atoms with Crippen LogP contribution < -0.4 is 4.74 Å². The summed E-state index contributed by atoms with van der Waals surface area (Å²) >= 11 is 1.24. The van der Waals surface area contributed by atoms with Gasteiger partial charge in [-0.3, -0.25) is 4.98 Å². The summed E-state index contributed by atoms with van der Waals surface area (Å²) in [6.07, 6.45) is 2.28. The van der Waals surface area contributed by atoms with Crippen molar-refractivity contribution < 1.29 is 13.2 Å². The van der Waals surface area contributed by atoms with Crippen molar-refractivity contribution in [2.24, 2.45) is 0 Å². The highest BCUT2D eigenvalue weighted by atomic mass is 32.2. The van der Waals surface area contributed by atoms with Crippen molar-refractivity contribution in [3.8, 4) is 5.75 Å². The van der Waals surface area contributed by atoms with Crippen LogP contribution in [0, 0.1) is 6.92 Å². The molecule has 0 radical (unpaired) electrons. The Labute approximate surface area is 128 Å². The van der Waals surface area contributed by atoms with E-state index in [2.05, 4.69) is 4.98 Å². The van der Waals surface area contributed by atoms with Gasteiger partial charge in [-0.25, -0.2) is 8.42 Å². The lowest BCUT2D eigenvalue weighted by molar-refractivity contribution is 0.213. The van der Waals surface area contributed by atoms with Gasteiger partial charge in [0.25, 0.3) is 10.0 Å². The first kappa shape index (κ1) is 14.5. The van der Waals surface area contributed by atoms with Gasteiger partial charge in [-0.05, 0) is 36.9 Å². The van der Waals surface area contributed by atoms with E-state index in [1.54, 1.807) is 23.7 Å². The number of aryl methyl sites for hydroxylation is 1. The molecular formula is C14H16N2O3S2. The summed E-state index contributed by atoms with van der Waals surface area (Å²) in [5, 5.41) is 1.77. The fourth-order valence-electron chi connectivity index (χ4n) is 2.32. The van der Waals surface area contributed by atoms with Crippen molar-refractivity contribution in [3.05, 3.63) is 41.5 Å². The van der Waals surface area contributed by atoms with E-state index in [-0.39, 0.29) is 6.10 Å². The van der Waals surface area contributed by atoms with Crippen LogP contribution in [0.15, 0.2) is 40.1 Å². The summed E-state index contributed by atoms with van der Waals surface area (Å²) in [5.41, 5.74) is 0.817. The minimum absolute atomic E-state index is 0.123. The predicted octanol–water partition coefficient (Wildman–Crippen LogP) is 2.29. The molecule has 0 spiro atoms. The first-order valence-corrected chi connectivity index (χ1v) is 9.01. The monoisotopic (exact) mass is 324 g/mol. The third kappa shape index (κ3) is 2.95. The molecule has 1 aliphatic heterocycles. The number of rotatable bonds is 4. The van der Waals surface area contributed by atoms with Gasteiger partial charge in [-0.2, -0.15) is 4.31 Å². The summed E-state index contributed by atoms with van der Waals surface area (Å²) < 4.78 is 32.6. The van der Waals surface area contributed by atoms with Crippen molar-refractivity contribution in [1.29, 1.82) is 0 Å². The second-order valence-corrected chi connectivity index (χ2v) is 8.02. The number of sulfonamides is 1. The Bertz CT molecular complexity index is 714. The van der Waals surface area contributed by atoms with Crippen LogP contribution in [0.4, 0.5) is 0 Å². The van der Waals surface area contributed by atoms with Crippen LogP contribution >= 0.6 is 11.3 Å². The lowest BCUT2D eigenvalue weighted by Gasteiger charge is -2.17. The second kappa shape index (κ2) is 5.75. The molecule has 0 amide bonds. The Balaban J connectivity index is 1.70. The number of pyridine rings is 1. The summed E-state index contributed by atoms with van der Waals surface area (Å²) in [4.78, 5) is 4.17. The molecule has 1 atom stereocenters. The molecular weight excluding hydrogens is 308 g/mol. The molecule has 5 nitrogen and oxygen atoms in total. The Morgan fingerprint density at radius 1 is 1.38 bits per heavy atom. The van der Waals surface area contributed by atoms with Crippen LogP contribution in [-0.2, 0) is 10.0 Å². The van der Waals surface area contributed by atoms with E-state index in [1.807, 2.05) is 19.1 Å². The van der Waals surface area contributed by atoms with E-state index in [0.717, 1.165) is 11.4 Å². The first-order chi connectivity index (χ1) is 10.1. The van der Waals surface area contributed by atoms with Crippen molar-refractivity contribution in [3.63, 3.8) is 0 Å². The van der Waals surface area contributed by atoms with E-state index >= 15 is 0 Å². The molecule has 1 aliphatic rings. The fourth-order valence-corrected chi connectivity index (χ4v) is 4.95. The van der Waals surface area contributed by atoms with E-state index < -0.39 is 10.0 Å². The van der Waals surface area contributed by atoms with E-state index in [0.29, 0.717) is 23.7 Å². The quantitative estimate of drug-likeness (QED) is 0.866. The molecule has 1 unspecified atom stereocenters. The van der Waals surface area contributed by atoms with Gasteiger partial charge in [0, 0.05) is 12.7 Å². The molecule has 7 heteroatoms. The van der Waals surface area contributed by atoms with Gasteiger partial charge < -0.3 is 4.74 Å². The van der Waals surface area contributed by atoms with Gasteiger partial charge in [-0.1, -0.05) is 6.07 Å². The van der Waals surface area contributed by atoms with Crippen molar-refractivity contribution in [2.45, 2.75) is 23.7 Å². The van der Waals surface area contributed by atoms with Gasteiger partial charge >= 0.3 is 0 Å². The molecule has 0 saturated carbocycles. The highest BCUT2D eigenvalue weighted by Gasteiger charge is 2.34. The summed E-state index contributed by atoms with van der Waals surface area (Å²) in [5.74, 6) is 0.720. The van der Waals surface area contributed by atoms with Gasteiger partial charge in [0.05, 0.1) is 12.2 Å². The summed E-state index contributed by atoms with van der Waals surface area (Å²) in [6, 6.07) is 7.07. The third-order valence-corrected chi connectivity index (χ3v) is 6.69. The lowest BCUT2D eigenvalue weighted by atomic mass is 10.3. The van der Waals surface area contributed by atoms with E-state index in [9.17, 15) is 8.42 Å². The minimum atomic E-state index is -3.37. The zero-order valence-electron chi connectivity index (χ0n) is 11.6. The average Bonchev–Trinajstić information content (AvgIpc) is 3.12. The molecule has 2 aromatic rings. The molecule has 1 saturated heterocycles. The molecule has 0 aromatic carbocycles. The molecule has 112 valence electrons. The molecule has 1 fully saturated rings. The van der Waals surface area contributed by atoms with E-state index in [4.69, 9.17) is 4.74 Å². The number of hydrogen-bond donors (Lipinski definition) is 0. The Hall–Kier alpha value is -1.44. The maximum atomic E-state index is 12.4. The van der Waals surface area contributed by atoms with Gasteiger partial charge in [0.1, 0.15) is 16.1 Å². The molecule has 0 N–H and O–H groups in total. The number of nitrogens with zero attached hydrogens (tertiary/aromatic N) is 2. The van der Waals surface area contributed by atoms with Gasteiger partial charge in [0.15, 0.2) is 0 Å². The van der Waals surface area contributed by atoms with Crippen LogP contribution in [0.3, 0.4) is 0 Å². The van der Waals surface area contributed by atoms with Crippen molar-refractivity contribution in [2.75, 3.05) is 13.1 Å². The van der Waals surface area contributed by atoms with Crippen LogP contribution in [0.5, 0.6) is 5.75 Å². The van der Waals surface area contributed by atoms with Crippen LogP contribution in [0.2, 0.25) is 0 Å². The zero-order valence-corrected chi connectivity index (χ0v) is 13.2. The van der Waals surface area contributed by atoms with Gasteiger partial charge in [-0.15, -0.1) is 11.3 Å². The predicted molar refractivity (Wildman–Crippen MR) is 81.1 cm³/mol.